The van der Waals surface area contributed by atoms with Gasteiger partial charge in [0, 0.05) is 42.4 Å². The van der Waals surface area contributed by atoms with Crippen LogP contribution < -0.4 is 5.43 Å². The fourth-order valence-corrected chi connectivity index (χ4v) is 2.39. The lowest BCUT2D eigenvalue weighted by molar-refractivity contribution is 0.191. The summed E-state index contributed by atoms with van der Waals surface area (Å²) in [5.41, 5.74) is 1.75. The second-order valence-corrected chi connectivity index (χ2v) is 5.13. The third-order valence-electron chi connectivity index (χ3n) is 3.22. The van der Waals surface area contributed by atoms with Crippen LogP contribution in [0.5, 0.6) is 0 Å². The maximum atomic E-state index is 12.1. The number of rotatable bonds is 5. The van der Waals surface area contributed by atoms with Crippen LogP contribution in [0, 0.1) is 6.92 Å². The molecule has 0 unspecified atom stereocenters. The largest absolute Gasteiger partial charge is 0.385 e. The predicted octanol–water partition coefficient (Wildman–Crippen LogP) is 4.42. The van der Waals surface area contributed by atoms with Gasteiger partial charge in [-0.15, -0.1) is 0 Å². The molecule has 0 radical (unpaired) electrons. The minimum atomic E-state index is 0.0832. The van der Waals surface area contributed by atoms with Crippen LogP contribution in [0.3, 0.4) is 0 Å². The van der Waals surface area contributed by atoms with E-state index in [0.717, 1.165) is 42.5 Å². The van der Waals surface area contributed by atoms with Crippen molar-refractivity contribution in [3.8, 4) is 0 Å². The van der Waals surface area contributed by atoms with Crippen molar-refractivity contribution < 1.29 is 4.74 Å². The molecule has 0 amide bonds. The van der Waals surface area contributed by atoms with Crippen LogP contribution in [0.4, 0.5) is 0 Å². The van der Waals surface area contributed by atoms with Crippen molar-refractivity contribution >= 4 is 22.5 Å². The van der Waals surface area contributed by atoms with E-state index in [2.05, 4.69) is 4.57 Å². The molecule has 1 aromatic carbocycles. The standard InChI is InChI=1S/C15H18ClNO2.C2H6/c1-11-10-17(7-3-4-8-19-2)14-9-12(16)5-6-13(14)15(11)18;1-2/h5-6,9-10H,3-4,7-8H2,1-2H3;1-2H3. The monoisotopic (exact) mass is 309 g/mol. The second kappa shape index (κ2) is 8.85. The van der Waals surface area contributed by atoms with Crippen LogP contribution in [-0.4, -0.2) is 18.3 Å². The Balaban J connectivity index is 0.00000106. The Hall–Kier alpha value is -1.32. The molecule has 0 fully saturated rings. The van der Waals surface area contributed by atoms with E-state index in [0.29, 0.717) is 5.02 Å². The first kappa shape index (κ1) is 17.7. The van der Waals surface area contributed by atoms with Gasteiger partial charge >= 0.3 is 0 Å². The molecule has 0 N–H and O–H groups in total. The Kier molecular flexibility index (Phi) is 7.48. The molecule has 0 spiro atoms. The van der Waals surface area contributed by atoms with Crippen molar-refractivity contribution in [3.63, 3.8) is 0 Å². The molecule has 0 atom stereocenters. The number of ether oxygens (including phenoxy) is 1. The van der Waals surface area contributed by atoms with Gasteiger partial charge in [-0.2, -0.15) is 0 Å². The zero-order valence-corrected chi connectivity index (χ0v) is 14.0. The van der Waals surface area contributed by atoms with Crippen LogP contribution >= 0.6 is 11.6 Å². The number of aryl methyl sites for hydroxylation is 2. The smallest absolute Gasteiger partial charge is 0.192 e. The molecule has 4 heteroatoms. The number of benzene rings is 1. The lowest BCUT2D eigenvalue weighted by atomic mass is 10.1. The van der Waals surface area contributed by atoms with Gasteiger partial charge in [0.05, 0.1) is 5.52 Å². The SMILES string of the molecule is CC.COCCCCn1cc(C)c(=O)c2ccc(Cl)cc21. The van der Waals surface area contributed by atoms with Gasteiger partial charge in [0.15, 0.2) is 5.43 Å². The Bertz CT molecular complexity index is 634. The van der Waals surface area contributed by atoms with E-state index in [-0.39, 0.29) is 5.43 Å². The van der Waals surface area contributed by atoms with Gasteiger partial charge in [-0.3, -0.25) is 4.79 Å². The third-order valence-corrected chi connectivity index (χ3v) is 3.45. The maximum absolute atomic E-state index is 12.1. The summed E-state index contributed by atoms with van der Waals surface area (Å²) in [7, 11) is 1.71. The van der Waals surface area contributed by atoms with Gasteiger partial charge in [-0.1, -0.05) is 25.4 Å². The van der Waals surface area contributed by atoms with Crippen molar-refractivity contribution in [2.75, 3.05) is 13.7 Å². The zero-order chi connectivity index (χ0) is 15.8. The summed E-state index contributed by atoms with van der Waals surface area (Å²) in [5.74, 6) is 0. The molecule has 0 saturated heterocycles. The molecule has 21 heavy (non-hydrogen) atoms. The highest BCUT2D eigenvalue weighted by molar-refractivity contribution is 6.31. The van der Waals surface area contributed by atoms with Crippen molar-refractivity contribution in [2.45, 2.75) is 40.2 Å². The molecule has 0 aliphatic heterocycles. The van der Waals surface area contributed by atoms with Crippen molar-refractivity contribution in [3.05, 3.63) is 45.2 Å². The Morgan fingerprint density at radius 3 is 2.62 bits per heavy atom. The molecule has 1 aromatic heterocycles. The first-order valence-corrected chi connectivity index (χ1v) is 7.79. The summed E-state index contributed by atoms with van der Waals surface area (Å²) in [6, 6.07) is 5.42. The topological polar surface area (TPSA) is 31.2 Å². The molecule has 116 valence electrons. The molecule has 1 heterocycles. The van der Waals surface area contributed by atoms with Gasteiger partial charge in [0.25, 0.3) is 0 Å². The van der Waals surface area contributed by atoms with Crippen LogP contribution in [0.15, 0.2) is 29.2 Å². The van der Waals surface area contributed by atoms with Crippen molar-refractivity contribution in [2.24, 2.45) is 0 Å². The first-order chi connectivity index (χ1) is 10.1. The Labute approximate surface area is 131 Å². The number of pyridine rings is 1. The summed E-state index contributed by atoms with van der Waals surface area (Å²) in [6.45, 7) is 7.47. The number of unbranched alkanes of at least 4 members (excludes halogenated alkanes) is 1. The molecule has 0 aliphatic rings. The molecular formula is C17H24ClNO2. The van der Waals surface area contributed by atoms with Crippen molar-refractivity contribution in [1.29, 1.82) is 0 Å². The number of methoxy groups -OCH3 is 1. The van der Waals surface area contributed by atoms with Crippen molar-refractivity contribution in [1.82, 2.24) is 4.57 Å². The third kappa shape index (κ3) is 4.58. The fraction of sp³-hybridized carbons (Fsp3) is 0.471. The molecule has 0 aliphatic carbocycles. The van der Waals surface area contributed by atoms with Crippen LogP contribution in [0.25, 0.3) is 10.9 Å². The van der Waals surface area contributed by atoms with E-state index >= 15 is 0 Å². The first-order valence-electron chi connectivity index (χ1n) is 7.41. The highest BCUT2D eigenvalue weighted by atomic mass is 35.5. The highest BCUT2D eigenvalue weighted by Crippen LogP contribution is 2.18. The quantitative estimate of drug-likeness (QED) is 0.766. The number of halogens is 1. The molecule has 2 rings (SSSR count). The highest BCUT2D eigenvalue weighted by Gasteiger charge is 2.06. The van der Waals surface area contributed by atoms with E-state index < -0.39 is 0 Å². The van der Waals surface area contributed by atoms with Gasteiger partial charge in [-0.25, -0.2) is 0 Å². The average Bonchev–Trinajstić information content (AvgIpc) is 2.50. The molecular weight excluding hydrogens is 286 g/mol. The van der Waals surface area contributed by atoms with Crippen LogP contribution in [-0.2, 0) is 11.3 Å². The van der Waals surface area contributed by atoms with E-state index in [1.807, 2.05) is 33.0 Å². The number of aromatic nitrogens is 1. The summed E-state index contributed by atoms with van der Waals surface area (Å²) >= 11 is 6.03. The average molecular weight is 310 g/mol. The Morgan fingerprint density at radius 1 is 1.24 bits per heavy atom. The predicted molar refractivity (Wildman–Crippen MR) is 90.4 cm³/mol. The van der Waals surface area contributed by atoms with Crippen LogP contribution in [0.1, 0.15) is 32.3 Å². The maximum Gasteiger partial charge on any atom is 0.192 e. The summed E-state index contributed by atoms with van der Waals surface area (Å²) in [4.78, 5) is 12.1. The van der Waals surface area contributed by atoms with E-state index in [4.69, 9.17) is 16.3 Å². The lowest BCUT2D eigenvalue weighted by Gasteiger charge is -2.12. The molecule has 0 bridgehead atoms. The summed E-state index contributed by atoms with van der Waals surface area (Å²) in [5, 5.41) is 1.39. The number of hydrogen-bond donors (Lipinski definition) is 0. The molecule has 3 nitrogen and oxygen atoms in total. The number of fused-ring (bicyclic) bond motifs is 1. The minimum absolute atomic E-state index is 0.0832. The summed E-state index contributed by atoms with van der Waals surface area (Å²) in [6.07, 6.45) is 3.93. The fourth-order valence-electron chi connectivity index (χ4n) is 2.22. The Morgan fingerprint density at radius 2 is 1.95 bits per heavy atom. The van der Waals surface area contributed by atoms with Gasteiger partial charge in [0.1, 0.15) is 0 Å². The molecule has 0 saturated carbocycles. The van der Waals surface area contributed by atoms with Gasteiger partial charge in [-0.05, 0) is 38.0 Å². The second-order valence-electron chi connectivity index (χ2n) is 4.70. The normalized spacial score (nSPS) is 10.3. The zero-order valence-electron chi connectivity index (χ0n) is 13.3. The lowest BCUT2D eigenvalue weighted by Crippen LogP contribution is -2.12. The number of hydrogen-bond acceptors (Lipinski definition) is 2. The van der Waals surface area contributed by atoms with Crippen LogP contribution in [0.2, 0.25) is 5.02 Å². The van der Waals surface area contributed by atoms with Gasteiger partial charge in [0.2, 0.25) is 0 Å². The number of nitrogens with zero attached hydrogens (tertiary/aromatic N) is 1. The molecule has 2 aromatic rings. The van der Waals surface area contributed by atoms with E-state index in [9.17, 15) is 4.79 Å². The van der Waals surface area contributed by atoms with E-state index in [1.165, 1.54) is 0 Å². The summed E-state index contributed by atoms with van der Waals surface area (Å²) < 4.78 is 7.15. The van der Waals surface area contributed by atoms with Gasteiger partial charge < -0.3 is 9.30 Å². The van der Waals surface area contributed by atoms with E-state index in [1.54, 1.807) is 19.2 Å². The minimum Gasteiger partial charge on any atom is -0.385 e.